The third-order valence-corrected chi connectivity index (χ3v) is 16.2. The molecular weight excluding hydrogens is 1090 g/mol. The number of likely N-dealkylation sites (tertiary alicyclic amines) is 2. The van der Waals surface area contributed by atoms with Crippen LogP contribution in [0.2, 0.25) is 0 Å². The van der Waals surface area contributed by atoms with Crippen molar-refractivity contribution in [3.05, 3.63) is 119 Å². The number of likely N-dealkylation sites (N-methyl/N-ethyl adjacent to an activating group) is 2. The van der Waals surface area contributed by atoms with Crippen LogP contribution in [0.15, 0.2) is 84.9 Å². The molecule has 0 aliphatic carbocycles. The number of nitrogens with zero attached hydrogens (tertiary/aromatic N) is 6. The molecule has 84 heavy (non-hydrogen) atoms. The van der Waals surface area contributed by atoms with Crippen LogP contribution in [0.1, 0.15) is 106 Å². The zero-order chi connectivity index (χ0) is 61.2. The van der Waals surface area contributed by atoms with Gasteiger partial charge in [0.2, 0.25) is 23.6 Å². The van der Waals surface area contributed by atoms with Crippen molar-refractivity contribution in [1.82, 2.24) is 30.2 Å². The van der Waals surface area contributed by atoms with Crippen LogP contribution >= 0.6 is 0 Å². The second-order valence-electron chi connectivity index (χ2n) is 22.3. The zero-order valence-electron chi connectivity index (χ0n) is 49.4. The molecule has 0 saturated carbocycles. The number of benzene rings is 4. The molecule has 2 atom stereocenters. The first-order chi connectivity index (χ1) is 40.0. The number of nitrogens with one attached hydrogen (secondary N) is 2. The van der Waals surface area contributed by atoms with E-state index in [1.165, 1.54) is 24.3 Å². The van der Waals surface area contributed by atoms with E-state index in [1.807, 2.05) is 58.6 Å². The summed E-state index contributed by atoms with van der Waals surface area (Å²) in [5, 5.41) is 14.4. The van der Waals surface area contributed by atoms with Gasteiger partial charge in [0.25, 0.3) is 11.8 Å². The Balaban J connectivity index is 0.000000241. The van der Waals surface area contributed by atoms with Gasteiger partial charge in [0.05, 0.1) is 31.1 Å². The number of amides is 6. The van der Waals surface area contributed by atoms with Crippen LogP contribution in [-0.2, 0) is 46.3 Å². The summed E-state index contributed by atoms with van der Waals surface area (Å²) in [7, 11) is 3.50. The number of esters is 1. The van der Waals surface area contributed by atoms with E-state index in [2.05, 4.69) is 15.5 Å². The van der Waals surface area contributed by atoms with Gasteiger partial charge >= 0.3 is 11.9 Å². The molecule has 8 rings (SSSR count). The van der Waals surface area contributed by atoms with Gasteiger partial charge < -0.3 is 59.4 Å². The third kappa shape index (κ3) is 14.0. The number of carboxylic acids is 1. The summed E-state index contributed by atoms with van der Waals surface area (Å²) in [5.74, 6) is -4.16. The Bertz CT molecular complexity index is 3050. The maximum atomic E-state index is 14.5. The lowest BCUT2D eigenvalue weighted by atomic mass is 9.85. The molecule has 3 N–H and O–H groups in total. The number of carbonyl (C=O) groups is 8. The number of ether oxygens (including phenoxy) is 3. The van der Waals surface area contributed by atoms with Crippen molar-refractivity contribution < 1.29 is 66.5 Å². The Morgan fingerprint density at radius 1 is 0.571 bits per heavy atom. The molecular formula is C62H78F2N8O12. The highest BCUT2D eigenvalue weighted by atomic mass is 19.1. The molecule has 0 bridgehead atoms. The first kappa shape index (κ1) is 63.3. The van der Waals surface area contributed by atoms with E-state index in [9.17, 15) is 47.1 Å². The molecule has 0 aromatic heterocycles. The van der Waals surface area contributed by atoms with Crippen molar-refractivity contribution in [1.29, 1.82) is 0 Å². The monoisotopic (exact) mass is 1160 g/mol. The van der Waals surface area contributed by atoms with E-state index in [0.717, 1.165) is 22.5 Å². The van der Waals surface area contributed by atoms with Crippen LogP contribution in [0.3, 0.4) is 0 Å². The van der Waals surface area contributed by atoms with Gasteiger partial charge in [0.1, 0.15) is 46.3 Å². The Hall–Kier alpha value is -8.30. The first-order valence-electron chi connectivity index (χ1n) is 28.6. The minimum absolute atomic E-state index is 0.0118. The molecule has 0 unspecified atom stereocenters. The van der Waals surface area contributed by atoms with Crippen molar-refractivity contribution in [2.45, 2.75) is 110 Å². The van der Waals surface area contributed by atoms with E-state index < -0.39 is 65.2 Å². The van der Waals surface area contributed by atoms with Gasteiger partial charge in [-0.15, -0.1) is 0 Å². The van der Waals surface area contributed by atoms with Gasteiger partial charge in [0, 0.05) is 51.6 Å². The van der Waals surface area contributed by atoms with Crippen molar-refractivity contribution in [3.8, 4) is 11.5 Å². The topological polar surface area (TPSA) is 228 Å². The van der Waals surface area contributed by atoms with Crippen LogP contribution in [0, 0.1) is 23.5 Å². The molecule has 4 fully saturated rings. The highest BCUT2D eigenvalue weighted by Crippen LogP contribution is 2.41. The average molecular weight is 1170 g/mol. The van der Waals surface area contributed by atoms with E-state index in [-0.39, 0.29) is 59.8 Å². The summed E-state index contributed by atoms with van der Waals surface area (Å²) < 4.78 is 44.6. The lowest BCUT2D eigenvalue weighted by Crippen LogP contribution is -2.60. The van der Waals surface area contributed by atoms with Gasteiger partial charge in [0.15, 0.2) is 13.2 Å². The number of aliphatic carboxylic acids is 1. The molecule has 4 aromatic rings. The number of hydrogen-bond acceptors (Lipinski definition) is 13. The molecule has 2 spiro atoms. The van der Waals surface area contributed by atoms with E-state index >= 15 is 0 Å². The summed E-state index contributed by atoms with van der Waals surface area (Å²) in [6.07, 6.45) is 2.91. The summed E-state index contributed by atoms with van der Waals surface area (Å²) in [6, 6.07) is 21.3. The van der Waals surface area contributed by atoms with Gasteiger partial charge in [-0.3, -0.25) is 28.8 Å². The Morgan fingerprint density at radius 2 is 0.940 bits per heavy atom. The molecule has 20 nitrogen and oxygen atoms in total. The Labute approximate surface area is 489 Å². The fourth-order valence-corrected chi connectivity index (χ4v) is 11.3. The van der Waals surface area contributed by atoms with Crippen LogP contribution in [0.5, 0.6) is 11.5 Å². The van der Waals surface area contributed by atoms with Crippen LogP contribution in [0.25, 0.3) is 0 Å². The first-order valence-corrected chi connectivity index (χ1v) is 28.6. The second kappa shape index (κ2) is 27.4. The maximum absolute atomic E-state index is 14.5. The number of halogens is 2. The van der Waals surface area contributed by atoms with Gasteiger partial charge in [-0.25, -0.2) is 18.4 Å². The summed E-state index contributed by atoms with van der Waals surface area (Å²) in [6.45, 7) is 14.6. The predicted molar refractivity (Wildman–Crippen MR) is 309 cm³/mol. The normalized spacial score (nSPS) is 17.1. The van der Waals surface area contributed by atoms with Crippen LogP contribution < -0.4 is 29.9 Å². The molecule has 4 heterocycles. The van der Waals surface area contributed by atoms with Crippen LogP contribution in [0.4, 0.5) is 20.2 Å². The lowest BCUT2D eigenvalue weighted by molar-refractivity contribution is -0.145. The third-order valence-electron chi connectivity index (χ3n) is 16.2. The Morgan fingerprint density at radius 3 is 1.27 bits per heavy atom. The SMILES string of the molecule is CCOC(=O)COc1ccc(N2CN(C)C(=O)C23CCN(C(=O)[C@H](NC(=O)c2cc(CC)ccc2F)C(C)C)CC3)cc1.CCc1ccc(F)c(C(=O)N[C@@H](C(=O)N2CCC3(CC2)C(=O)N(C)CN3c2ccc(OCC(=O)O)cc2)C(C)C)c1. The summed E-state index contributed by atoms with van der Waals surface area (Å²) in [5.41, 5.74) is 1.43. The predicted octanol–water partition coefficient (Wildman–Crippen LogP) is 6.28. The van der Waals surface area contributed by atoms with Crippen molar-refractivity contribution in [2.24, 2.45) is 11.8 Å². The standard InChI is InChI=1S/C32H41FN4O6.C30H37FN4O6/c1-6-22-8-13-26(33)25(18-22)29(39)34-28(21(3)4)30(40)36-16-14-32(15-17-36)31(41)35(5)20-37(32)23-9-11-24(12-10-23)43-19-27(38)42-7-2;1-5-20-6-11-24(31)23(16-20)27(38)32-26(19(2)3)28(39)34-14-12-30(13-15-34)29(40)33(4)18-35(30)21-7-9-22(10-8-21)41-17-25(36)37/h8-13,18,21,28H,6-7,14-17,19-20H2,1-5H3,(H,34,39);6-11,16,19,26H,5,12-15,17-18H2,1-4H3,(H,32,38)(H,36,37)/t28-;26-/m11/s1. The summed E-state index contributed by atoms with van der Waals surface area (Å²) >= 11 is 0. The highest BCUT2D eigenvalue weighted by Gasteiger charge is 2.55. The molecule has 6 amide bonds. The van der Waals surface area contributed by atoms with Crippen molar-refractivity contribution in [3.63, 3.8) is 0 Å². The number of hydrogen-bond donors (Lipinski definition) is 3. The number of carbonyl (C=O) groups excluding carboxylic acids is 7. The smallest absolute Gasteiger partial charge is 0.344 e. The lowest BCUT2D eigenvalue weighted by Gasteiger charge is -2.44. The molecule has 0 radical (unpaired) electrons. The highest BCUT2D eigenvalue weighted by molar-refractivity contribution is 6.00. The molecule has 4 aromatic carbocycles. The largest absolute Gasteiger partial charge is 0.482 e. The fourth-order valence-electron chi connectivity index (χ4n) is 11.3. The Kier molecular flexibility index (Phi) is 20.6. The minimum Gasteiger partial charge on any atom is -0.482 e. The minimum atomic E-state index is -1.07. The van der Waals surface area contributed by atoms with Gasteiger partial charge in [-0.1, -0.05) is 53.7 Å². The zero-order valence-corrected chi connectivity index (χ0v) is 49.4. The molecule has 452 valence electrons. The van der Waals surface area contributed by atoms with E-state index in [4.69, 9.17) is 19.3 Å². The average Bonchev–Trinajstić information content (AvgIpc) is 1.90. The van der Waals surface area contributed by atoms with E-state index in [0.29, 0.717) is 89.5 Å². The van der Waals surface area contributed by atoms with Crippen molar-refractivity contribution >= 4 is 58.8 Å². The molecule has 22 heteroatoms. The van der Waals surface area contributed by atoms with Crippen molar-refractivity contribution in [2.75, 3.05) is 83.2 Å². The summed E-state index contributed by atoms with van der Waals surface area (Å²) in [4.78, 5) is 113. The van der Waals surface area contributed by atoms with Gasteiger partial charge in [-0.2, -0.15) is 0 Å². The molecule has 4 aliphatic heterocycles. The van der Waals surface area contributed by atoms with E-state index in [1.54, 1.807) is 89.1 Å². The van der Waals surface area contributed by atoms with Crippen LogP contribution in [-0.4, -0.2) is 169 Å². The number of anilines is 2. The number of carboxylic acid groups (broad SMARTS) is 1. The number of piperidine rings is 2. The number of rotatable bonds is 19. The van der Waals surface area contributed by atoms with Gasteiger partial charge in [-0.05, 0) is 141 Å². The quantitative estimate of drug-likeness (QED) is 0.0878. The molecule has 4 saturated heterocycles. The molecule has 4 aliphatic rings. The maximum Gasteiger partial charge on any atom is 0.344 e. The second-order valence-corrected chi connectivity index (χ2v) is 22.3. The fraction of sp³-hybridized carbons (Fsp3) is 0.484. The number of aryl methyl sites for hydroxylation is 2.